The average molecular weight is 665 g/mol. The standard InChI is InChI=1S/C40H40O9/c1-26(2)38(42)47-21-9-7-6-8-20-46-34-16-14-30-24-33(13-12-31(30)25-34)40(44)49-36-18-15-32(23-28(36)4)39(43)48-35-17-10-29(22-27(35)3)11-19-37(41)45-5/h10-19,22-25H,1,6-9,20-21H2,2-5H3/b19-11+. The Morgan fingerprint density at radius 2 is 1.29 bits per heavy atom. The summed E-state index contributed by atoms with van der Waals surface area (Å²) in [6.45, 7) is 9.71. The van der Waals surface area contributed by atoms with Crippen LogP contribution in [0.1, 0.15) is 70.0 Å². The first-order valence-corrected chi connectivity index (χ1v) is 15.9. The molecule has 0 heterocycles. The fraction of sp³-hybridized carbons (Fsp3) is 0.250. The predicted octanol–water partition coefficient (Wildman–Crippen LogP) is 8.14. The number of rotatable bonds is 15. The fourth-order valence-electron chi connectivity index (χ4n) is 4.81. The molecule has 49 heavy (non-hydrogen) atoms. The summed E-state index contributed by atoms with van der Waals surface area (Å²) < 4.78 is 26.9. The van der Waals surface area contributed by atoms with Crippen LogP contribution < -0.4 is 14.2 Å². The van der Waals surface area contributed by atoms with Crippen molar-refractivity contribution in [3.63, 3.8) is 0 Å². The molecule has 0 aliphatic carbocycles. The van der Waals surface area contributed by atoms with Gasteiger partial charge in [-0.1, -0.05) is 24.8 Å². The molecule has 0 spiro atoms. The van der Waals surface area contributed by atoms with Crippen molar-refractivity contribution in [2.75, 3.05) is 20.3 Å². The summed E-state index contributed by atoms with van der Waals surface area (Å²) >= 11 is 0. The number of fused-ring (bicyclic) bond motifs is 1. The lowest BCUT2D eigenvalue weighted by Crippen LogP contribution is -2.12. The Bertz CT molecular complexity index is 1890. The fourth-order valence-corrected chi connectivity index (χ4v) is 4.81. The number of esters is 4. The number of aryl methyl sites for hydroxylation is 2. The van der Waals surface area contributed by atoms with E-state index < -0.39 is 17.9 Å². The predicted molar refractivity (Wildman–Crippen MR) is 187 cm³/mol. The highest BCUT2D eigenvalue weighted by Crippen LogP contribution is 2.26. The van der Waals surface area contributed by atoms with E-state index in [0.29, 0.717) is 52.5 Å². The molecule has 9 heteroatoms. The second-order valence-corrected chi connectivity index (χ2v) is 11.5. The molecule has 0 saturated heterocycles. The summed E-state index contributed by atoms with van der Waals surface area (Å²) in [5, 5.41) is 1.79. The molecule has 0 radical (unpaired) electrons. The molecular weight excluding hydrogens is 624 g/mol. The van der Waals surface area contributed by atoms with E-state index >= 15 is 0 Å². The van der Waals surface area contributed by atoms with E-state index in [-0.39, 0.29) is 5.97 Å². The van der Waals surface area contributed by atoms with E-state index in [0.717, 1.165) is 47.8 Å². The van der Waals surface area contributed by atoms with Crippen molar-refractivity contribution in [1.29, 1.82) is 0 Å². The van der Waals surface area contributed by atoms with E-state index in [1.807, 2.05) is 24.3 Å². The third kappa shape index (κ3) is 10.7. The first kappa shape index (κ1) is 36.1. The van der Waals surface area contributed by atoms with Gasteiger partial charge < -0.3 is 23.7 Å². The van der Waals surface area contributed by atoms with Gasteiger partial charge in [0.15, 0.2) is 0 Å². The molecule has 0 aromatic heterocycles. The number of carbonyl (C=O) groups is 4. The highest BCUT2D eigenvalue weighted by Gasteiger charge is 2.16. The summed E-state index contributed by atoms with van der Waals surface area (Å²) in [5.41, 5.74) is 3.16. The van der Waals surface area contributed by atoms with Gasteiger partial charge in [0, 0.05) is 11.6 Å². The molecule has 0 bridgehead atoms. The number of ether oxygens (including phenoxy) is 5. The number of hydrogen-bond acceptors (Lipinski definition) is 9. The highest BCUT2D eigenvalue weighted by atomic mass is 16.5. The molecule has 0 unspecified atom stereocenters. The summed E-state index contributed by atoms with van der Waals surface area (Å²) in [7, 11) is 1.30. The van der Waals surface area contributed by atoms with Crippen LogP contribution in [0.2, 0.25) is 0 Å². The van der Waals surface area contributed by atoms with Gasteiger partial charge >= 0.3 is 23.9 Å². The molecular formula is C40H40O9. The van der Waals surface area contributed by atoms with E-state index in [1.54, 1.807) is 75.4 Å². The van der Waals surface area contributed by atoms with Gasteiger partial charge in [0.25, 0.3) is 0 Å². The lowest BCUT2D eigenvalue weighted by molar-refractivity contribution is -0.139. The Kier molecular flexibility index (Phi) is 12.9. The molecule has 4 aromatic rings. The zero-order valence-corrected chi connectivity index (χ0v) is 28.2. The van der Waals surface area contributed by atoms with Gasteiger partial charge in [0.05, 0.1) is 31.5 Å². The molecule has 4 aromatic carbocycles. The smallest absolute Gasteiger partial charge is 0.343 e. The van der Waals surface area contributed by atoms with Crippen LogP contribution in [0.25, 0.3) is 16.8 Å². The first-order valence-electron chi connectivity index (χ1n) is 15.9. The van der Waals surface area contributed by atoms with Gasteiger partial charge in [-0.05, 0) is 135 Å². The topological polar surface area (TPSA) is 114 Å². The number of methoxy groups -OCH3 is 1. The summed E-state index contributed by atoms with van der Waals surface area (Å²) in [6, 6.07) is 20.9. The van der Waals surface area contributed by atoms with Crippen LogP contribution in [0.5, 0.6) is 17.2 Å². The van der Waals surface area contributed by atoms with Crippen LogP contribution in [-0.4, -0.2) is 44.2 Å². The Labute approximate surface area is 286 Å². The van der Waals surface area contributed by atoms with Crippen molar-refractivity contribution in [2.45, 2.75) is 46.5 Å². The maximum Gasteiger partial charge on any atom is 0.343 e. The van der Waals surface area contributed by atoms with Crippen LogP contribution in [0.15, 0.2) is 91.0 Å². The molecule has 0 aliphatic heterocycles. The zero-order chi connectivity index (χ0) is 35.3. The van der Waals surface area contributed by atoms with E-state index in [1.165, 1.54) is 13.2 Å². The van der Waals surface area contributed by atoms with Crippen molar-refractivity contribution < 1.29 is 42.9 Å². The Hall–Kier alpha value is -5.70. The van der Waals surface area contributed by atoms with Crippen molar-refractivity contribution in [1.82, 2.24) is 0 Å². The van der Waals surface area contributed by atoms with Crippen LogP contribution in [-0.2, 0) is 19.1 Å². The lowest BCUT2D eigenvalue weighted by atomic mass is 10.1. The third-order valence-electron chi connectivity index (χ3n) is 7.56. The van der Waals surface area contributed by atoms with Crippen molar-refractivity contribution in [3.05, 3.63) is 119 Å². The van der Waals surface area contributed by atoms with Gasteiger partial charge in [-0.2, -0.15) is 0 Å². The number of benzene rings is 4. The quantitative estimate of drug-likeness (QED) is 0.0538. The minimum absolute atomic E-state index is 0.302. The van der Waals surface area contributed by atoms with Gasteiger partial charge in [-0.15, -0.1) is 0 Å². The van der Waals surface area contributed by atoms with Crippen molar-refractivity contribution >= 4 is 40.7 Å². The maximum absolute atomic E-state index is 13.0. The van der Waals surface area contributed by atoms with Gasteiger partial charge in [-0.25, -0.2) is 19.2 Å². The first-order chi connectivity index (χ1) is 23.5. The van der Waals surface area contributed by atoms with E-state index in [2.05, 4.69) is 11.3 Å². The monoisotopic (exact) mass is 664 g/mol. The Balaban J connectivity index is 1.28. The van der Waals surface area contributed by atoms with Gasteiger partial charge in [-0.3, -0.25) is 0 Å². The summed E-state index contributed by atoms with van der Waals surface area (Å²) in [5.74, 6) is -0.437. The molecule has 0 amide bonds. The third-order valence-corrected chi connectivity index (χ3v) is 7.56. The second-order valence-electron chi connectivity index (χ2n) is 11.5. The molecule has 4 rings (SSSR count). The Morgan fingerprint density at radius 3 is 1.94 bits per heavy atom. The molecule has 254 valence electrons. The lowest BCUT2D eigenvalue weighted by Gasteiger charge is -2.11. The SMILES string of the molecule is C=C(C)C(=O)OCCCCCCOc1ccc2cc(C(=O)Oc3ccc(C(=O)Oc4ccc(/C=C/C(=O)OC)cc4C)cc3C)ccc2c1. The number of unbranched alkanes of at least 4 members (excludes halogenated alkanes) is 3. The molecule has 0 N–H and O–H groups in total. The van der Waals surface area contributed by atoms with E-state index in [4.69, 9.17) is 18.9 Å². The van der Waals surface area contributed by atoms with Crippen LogP contribution in [0, 0.1) is 13.8 Å². The van der Waals surface area contributed by atoms with Crippen molar-refractivity contribution in [2.24, 2.45) is 0 Å². The average Bonchev–Trinajstić information content (AvgIpc) is 3.09. The van der Waals surface area contributed by atoms with Crippen LogP contribution in [0.3, 0.4) is 0 Å². The zero-order valence-electron chi connectivity index (χ0n) is 28.2. The maximum atomic E-state index is 13.0. The minimum atomic E-state index is -0.557. The summed E-state index contributed by atoms with van der Waals surface area (Å²) in [4.78, 5) is 48.7. The molecule has 0 aliphatic rings. The Morgan fingerprint density at radius 1 is 0.694 bits per heavy atom. The van der Waals surface area contributed by atoms with Crippen LogP contribution >= 0.6 is 0 Å². The largest absolute Gasteiger partial charge is 0.494 e. The van der Waals surface area contributed by atoms with E-state index in [9.17, 15) is 19.2 Å². The van der Waals surface area contributed by atoms with Gasteiger partial charge in [0.1, 0.15) is 17.2 Å². The second kappa shape index (κ2) is 17.5. The van der Waals surface area contributed by atoms with Crippen molar-refractivity contribution in [3.8, 4) is 17.2 Å². The molecule has 9 nitrogen and oxygen atoms in total. The minimum Gasteiger partial charge on any atom is -0.494 e. The normalized spacial score (nSPS) is 10.9. The number of carbonyl (C=O) groups excluding carboxylic acids is 4. The van der Waals surface area contributed by atoms with Crippen LogP contribution in [0.4, 0.5) is 0 Å². The molecule has 0 saturated carbocycles. The highest BCUT2D eigenvalue weighted by molar-refractivity contribution is 5.97. The number of hydrogen-bond donors (Lipinski definition) is 0. The van der Waals surface area contributed by atoms with Gasteiger partial charge in [0.2, 0.25) is 0 Å². The molecule has 0 atom stereocenters. The molecule has 0 fully saturated rings. The summed E-state index contributed by atoms with van der Waals surface area (Å²) in [6.07, 6.45) is 6.51.